The molecule has 3 rings (SSSR count). The van der Waals surface area contributed by atoms with E-state index in [4.69, 9.17) is 21.1 Å². The molecule has 3 aromatic rings. The second-order valence-electron chi connectivity index (χ2n) is 6.72. The number of hydrogen-bond donors (Lipinski definition) is 2. The molecule has 1 heterocycles. The van der Waals surface area contributed by atoms with E-state index in [2.05, 4.69) is 15.5 Å². The summed E-state index contributed by atoms with van der Waals surface area (Å²) < 4.78 is 12.3. The Kier molecular flexibility index (Phi) is 6.91. The Hall–Kier alpha value is -3.10. The van der Waals surface area contributed by atoms with Crippen LogP contribution in [0.5, 0.6) is 5.75 Å². The molecule has 0 unspecified atom stereocenters. The highest BCUT2D eigenvalue weighted by atomic mass is 35.5. The van der Waals surface area contributed by atoms with Gasteiger partial charge in [-0.3, -0.25) is 9.36 Å². The van der Waals surface area contributed by atoms with E-state index in [1.54, 1.807) is 38.4 Å². The molecule has 8 nitrogen and oxygen atoms in total. The van der Waals surface area contributed by atoms with Gasteiger partial charge in [-0.05, 0) is 42.3 Å². The average molecular weight is 431 g/mol. The van der Waals surface area contributed by atoms with Crippen molar-refractivity contribution in [2.75, 3.05) is 20.3 Å². The summed E-state index contributed by atoms with van der Waals surface area (Å²) in [6.45, 7) is 2.84. The van der Waals surface area contributed by atoms with Crippen LogP contribution < -0.4 is 15.7 Å². The van der Waals surface area contributed by atoms with Crippen LogP contribution in [-0.4, -0.2) is 40.9 Å². The Bertz CT molecular complexity index is 1110. The largest absolute Gasteiger partial charge is 0.485 e. The molecular formula is C21H23ClN4O4. The monoisotopic (exact) mass is 430 g/mol. The van der Waals surface area contributed by atoms with Crippen molar-refractivity contribution in [2.45, 2.75) is 13.5 Å². The number of aryl methyl sites for hydroxylation is 1. The van der Waals surface area contributed by atoms with Gasteiger partial charge in [0.25, 0.3) is 5.91 Å². The molecule has 1 amide bonds. The molecule has 0 spiro atoms. The van der Waals surface area contributed by atoms with Gasteiger partial charge >= 0.3 is 5.69 Å². The third-order valence-corrected chi connectivity index (χ3v) is 5.02. The van der Waals surface area contributed by atoms with Crippen LogP contribution >= 0.6 is 11.6 Å². The third-order valence-electron chi connectivity index (χ3n) is 4.62. The lowest BCUT2D eigenvalue weighted by molar-refractivity contribution is 0.0937. The number of benzene rings is 2. The topological polar surface area (TPSA) is 98.2 Å². The highest BCUT2D eigenvalue weighted by Gasteiger charge is 2.14. The smallest absolute Gasteiger partial charge is 0.343 e. The van der Waals surface area contributed by atoms with Crippen LogP contribution in [0.1, 0.15) is 21.7 Å². The van der Waals surface area contributed by atoms with Gasteiger partial charge in [-0.2, -0.15) is 5.10 Å². The van der Waals surface area contributed by atoms with E-state index in [-0.39, 0.29) is 18.2 Å². The molecular weight excluding hydrogens is 408 g/mol. The standard InChI is InChI=1S/C21H23ClN4O4/c1-13-9-18(30-12-19-24-25-21(28)26(19)2)16(11-17(13)22)14-5-4-6-15(10-14)20(27)23-7-8-29-3/h4-6,9-11H,7-8,12H2,1-3H3,(H,23,27)(H,25,28). The second-order valence-corrected chi connectivity index (χ2v) is 7.13. The van der Waals surface area contributed by atoms with Crippen LogP contribution in [0.3, 0.4) is 0 Å². The van der Waals surface area contributed by atoms with Crippen molar-refractivity contribution in [1.82, 2.24) is 20.1 Å². The van der Waals surface area contributed by atoms with Crippen molar-refractivity contribution < 1.29 is 14.3 Å². The van der Waals surface area contributed by atoms with E-state index in [9.17, 15) is 9.59 Å². The molecule has 9 heteroatoms. The lowest BCUT2D eigenvalue weighted by Crippen LogP contribution is -2.26. The number of aromatic nitrogens is 3. The van der Waals surface area contributed by atoms with Crippen molar-refractivity contribution in [1.29, 1.82) is 0 Å². The molecule has 0 fully saturated rings. The zero-order valence-electron chi connectivity index (χ0n) is 17.0. The number of H-pyrrole nitrogens is 1. The fraction of sp³-hybridized carbons (Fsp3) is 0.286. The Labute approximate surface area is 178 Å². The lowest BCUT2D eigenvalue weighted by atomic mass is 10.0. The molecule has 0 saturated carbocycles. The number of hydrogen-bond acceptors (Lipinski definition) is 5. The number of rotatable bonds is 8. The van der Waals surface area contributed by atoms with Gasteiger partial charge in [-0.25, -0.2) is 9.89 Å². The van der Waals surface area contributed by atoms with Crippen LogP contribution in [0, 0.1) is 6.92 Å². The van der Waals surface area contributed by atoms with Crippen molar-refractivity contribution >= 4 is 17.5 Å². The average Bonchev–Trinajstić information content (AvgIpc) is 3.06. The molecule has 0 atom stereocenters. The Morgan fingerprint density at radius 3 is 2.80 bits per heavy atom. The maximum Gasteiger partial charge on any atom is 0.343 e. The number of carbonyl (C=O) groups excluding carboxylic acids is 1. The highest BCUT2D eigenvalue weighted by Crippen LogP contribution is 2.35. The molecule has 2 aromatic carbocycles. The zero-order valence-corrected chi connectivity index (χ0v) is 17.7. The minimum Gasteiger partial charge on any atom is -0.485 e. The molecule has 0 aliphatic rings. The van der Waals surface area contributed by atoms with Gasteiger partial charge in [0.05, 0.1) is 6.61 Å². The summed E-state index contributed by atoms with van der Waals surface area (Å²) >= 11 is 6.36. The lowest BCUT2D eigenvalue weighted by Gasteiger charge is -2.14. The first-order valence-corrected chi connectivity index (χ1v) is 9.69. The minimum atomic E-state index is -0.312. The van der Waals surface area contributed by atoms with E-state index in [1.807, 2.05) is 19.1 Å². The molecule has 0 saturated heterocycles. The molecule has 0 aliphatic heterocycles. The zero-order chi connectivity index (χ0) is 21.7. The fourth-order valence-electron chi connectivity index (χ4n) is 2.85. The van der Waals surface area contributed by atoms with Gasteiger partial charge in [0.1, 0.15) is 12.4 Å². The van der Waals surface area contributed by atoms with E-state index < -0.39 is 0 Å². The molecule has 158 valence electrons. The maximum absolute atomic E-state index is 12.4. The van der Waals surface area contributed by atoms with E-state index in [0.29, 0.717) is 35.3 Å². The van der Waals surface area contributed by atoms with Crippen LogP contribution in [-0.2, 0) is 18.4 Å². The summed E-state index contributed by atoms with van der Waals surface area (Å²) in [4.78, 5) is 24.0. The maximum atomic E-state index is 12.4. The Morgan fingerprint density at radius 2 is 2.10 bits per heavy atom. The summed E-state index contributed by atoms with van der Waals surface area (Å²) in [5.41, 5.74) is 2.56. The minimum absolute atomic E-state index is 0.0977. The van der Waals surface area contributed by atoms with E-state index in [1.165, 1.54) is 4.57 Å². The predicted octanol–water partition coefficient (Wildman–Crippen LogP) is 2.69. The SMILES string of the molecule is COCCNC(=O)c1cccc(-c2cc(Cl)c(C)cc2OCc2n[nH]c(=O)n2C)c1. The van der Waals surface area contributed by atoms with Crippen molar-refractivity contribution in [3.05, 3.63) is 68.9 Å². The molecule has 30 heavy (non-hydrogen) atoms. The number of nitrogens with zero attached hydrogens (tertiary/aromatic N) is 2. The first-order chi connectivity index (χ1) is 14.4. The molecule has 0 bridgehead atoms. The Balaban J connectivity index is 1.90. The van der Waals surface area contributed by atoms with Gasteiger partial charge in [0, 0.05) is 36.9 Å². The van der Waals surface area contributed by atoms with Gasteiger partial charge in [0.2, 0.25) is 0 Å². The van der Waals surface area contributed by atoms with E-state index >= 15 is 0 Å². The number of methoxy groups -OCH3 is 1. The molecule has 2 N–H and O–H groups in total. The fourth-order valence-corrected chi connectivity index (χ4v) is 3.01. The van der Waals surface area contributed by atoms with Gasteiger partial charge in [0.15, 0.2) is 5.82 Å². The summed E-state index contributed by atoms with van der Waals surface area (Å²) in [5.74, 6) is 0.843. The summed E-state index contributed by atoms with van der Waals surface area (Å²) in [5, 5.41) is 9.73. The highest BCUT2D eigenvalue weighted by molar-refractivity contribution is 6.31. The first kappa shape index (κ1) is 21.6. The van der Waals surface area contributed by atoms with Crippen molar-refractivity contribution in [2.24, 2.45) is 7.05 Å². The summed E-state index contributed by atoms with van der Waals surface area (Å²) in [7, 11) is 3.19. The number of nitrogens with one attached hydrogen (secondary N) is 2. The van der Waals surface area contributed by atoms with Crippen LogP contribution in [0.15, 0.2) is 41.2 Å². The predicted molar refractivity (Wildman–Crippen MR) is 114 cm³/mol. The number of amides is 1. The van der Waals surface area contributed by atoms with Crippen LogP contribution in [0.25, 0.3) is 11.1 Å². The number of halogens is 1. The normalized spacial score (nSPS) is 10.8. The summed E-state index contributed by atoms with van der Waals surface area (Å²) in [6.07, 6.45) is 0. The number of ether oxygens (including phenoxy) is 2. The van der Waals surface area contributed by atoms with Gasteiger partial charge in [-0.1, -0.05) is 23.7 Å². The van der Waals surface area contributed by atoms with Crippen LogP contribution in [0.4, 0.5) is 0 Å². The molecule has 0 aliphatic carbocycles. The molecule has 0 radical (unpaired) electrons. The number of carbonyl (C=O) groups is 1. The first-order valence-electron chi connectivity index (χ1n) is 9.31. The quantitative estimate of drug-likeness (QED) is 0.535. The Morgan fingerprint density at radius 1 is 1.30 bits per heavy atom. The molecule has 1 aromatic heterocycles. The van der Waals surface area contributed by atoms with Crippen molar-refractivity contribution in [3.63, 3.8) is 0 Å². The van der Waals surface area contributed by atoms with Gasteiger partial charge < -0.3 is 14.8 Å². The number of aromatic amines is 1. The summed E-state index contributed by atoms with van der Waals surface area (Å²) in [6, 6.07) is 10.8. The third kappa shape index (κ3) is 4.90. The van der Waals surface area contributed by atoms with E-state index in [0.717, 1.165) is 16.7 Å². The van der Waals surface area contributed by atoms with Crippen LogP contribution in [0.2, 0.25) is 5.02 Å². The second kappa shape index (κ2) is 9.60. The van der Waals surface area contributed by atoms with Crippen molar-refractivity contribution in [3.8, 4) is 16.9 Å². The van der Waals surface area contributed by atoms with Gasteiger partial charge in [-0.15, -0.1) is 0 Å².